The lowest BCUT2D eigenvalue weighted by Crippen LogP contribution is -2.20. The van der Waals surface area contributed by atoms with E-state index in [1.807, 2.05) is 12.1 Å². The van der Waals surface area contributed by atoms with Crippen LogP contribution in [0.4, 0.5) is 0 Å². The third-order valence-electron chi connectivity index (χ3n) is 3.58. The molecule has 0 fully saturated rings. The average molecular weight is 256 g/mol. The average Bonchev–Trinajstić information content (AvgIpc) is 2.85. The fraction of sp³-hybridized carbons (Fsp3) is 0.357. The number of hydrogen-bond acceptors (Lipinski definition) is 4. The molecule has 1 aliphatic rings. The predicted octanol–water partition coefficient (Wildman–Crippen LogP) is 1.15. The molecule has 0 amide bonds. The first-order valence-corrected chi connectivity index (χ1v) is 6.49. The van der Waals surface area contributed by atoms with Crippen LogP contribution in [0.3, 0.4) is 0 Å². The summed E-state index contributed by atoms with van der Waals surface area (Å²) in [6.07, 6.45) is 3.18. The van der Waals surface area contributed by atoms with E-state index in [9.17, 15) is 4.79 Å². The summed E-state index contributed by atoms with van der Waals surface area (Å²) >= 11 is 0. The molecule has 5 heteroatoms. The minimum absolute atomic E-state index is 0.0581. The van der Waals surface area contributed by atoms with Gasteiger partial charge in [-0.25, -0.2) is 0 Å². The molecule has 0 radical (unpaired) electrons. The summed E-state index contributed by atoms with van der Waals surface area (Å²) in [6.45, 7) is 1.08. The predicted molar refractivity (Wildman–Crippen MR) is 70.9 cm³/mol. The van der Waals surface area contributed by atoms with E-state index < -0.39 is 0 Å². The lowest BCUT2D eigenvalue weighted by molar-refractivity contribution is 0.0965. The first-order chi connectivity index (χ1) is 9.28. The number of carbonyl (C=O) groups is 1. The summed E-state index contributed by atoms with van der Waals surface area (Å²) in [6, 6.07) is 8.28. The summed E-state index contributed by atoms with van der Waals surface area (Å²) < 4.78 is 1.61. The molecule has 0 spiro atoms. The van der Waals surface area contributed by atoms with Crippen LogP contribution in [0.15, 0.2) is 30.5 Å². The van der Waals surface area contributed by atoms with E-state index in [-0.39, 0.29) is 5.78 Å². The zero-order valence-electron chi connectivity index (χ0n) is 10.6. The van der Waals surface area contributed by atoms with Gasteiger partial charge in [0, 0.05) is 13.0 Å². The van der Waals surface area contributed by atoms with Gasteiger partial charge in [0.1, 0.15) is 5.69 Å². The zero-order valence-corrected chi connectivity index (χ0v) is 10.6. The Bertz CT molecular complexity index is 605. The normalized spacial score (nSPS) is 16.8. The van der Waals surface area contributed by atoms with Gasteiger partial charge in [-0.3, -0.25) is 9.48 Å². The highest BCUT2D eigenvalue weighted by Gasteiger charge is 2.28. The molecule has 1 atom stereocenters. The van der Waals surface area contributed by atoms with Crippen LogP contribution < -0.4 is 5.73 Å². The van der Waals surface area contributed by atoms with Crippen molar-refractivity contribution in [1.82, 2.24) is 15.0 Å². The van der Waals surface area contributed by atoms with Crippen molar-refractivity contribution in [2.24, 2.45) is 5.73 Å². The van der Waals surface area contributed by atoms with Crippen LogP contribution in [-0.4, -0.2) is 27.3 Å². The molecule has 1 unspecified atom stereocenters. The van der Waals surface area contributed by atoms with E-state index in [0.29, 0.717) is 31.1 Å². The summed E-state index contributed by atoms with van der Waals surface area (Å²) in [5.41, 5.74) is 8.53. The Morgan fingerprint density at radius 1 is 1.42 bits per heavy atom. The van der Waals surface area contributed by atoms with Crippen LogP contribution >= 0.6 is 0 Å². The summed E-state index contributed by atoms with van der Waals surface area (Å²) in [4.78, 5) is 12.1. The Labute approximate surface area is 111 Å². The van der Waals surface area contributed by atoms with Crippen LogP contribution in [0.25, 0.3) is 0 Å². The summed E-state index contributed by atoms with van der Waals surface area (Å²) in [7, 11) is 0. The maximum Gasteiger partial charge on any atom is 0.185 e. The summed E-state index contributed by atoms with van der Waals surface area (Å²) in [5.74, 6) is 0.395. The van der Waals surface area contributed by atoms with E-state index in [1.54, 1.807) is 10.9 Å². The Hall–Kier alpha value is -2.01. The maximum atomic E-state index is 12.1. The topological polar surface area (TPSA) is 73.8 Å². The van der Waals surface area contributed by atoms with Crippen molar-refractivity contribution in [3.8, 4) is 0 Å². The number of aromatic nitrogens is 3. The van der Waals surface area contributed by atoms with Gasteiger partial charge < -0.3 is 5.73 Å². The molecular weight excluding hydrogens is 240 g/mol. The smallest absolute Gasteiger partial charge is 0.185 e. The quantitative estimate of drug-likeness (QED) is 0.814. The van der Waals surface area contributed by atoms with Gasteiger partial charge >= 0.3 is 0 Å². The second-order valence-corrected chi connectivity index (χ2v) is 4.88. The van der Waals surface area contributed by atoms with Gasteiger partial charge in [0.05, 0.1) is 12.7 Å². The molecule has 5 nitrogen and oxygen atoms in total. The maximum absolute atomic E-state index is 12.1. The van der Waals surface area contributed by atoms with Gasteiger partial charge in [0.15, 0.2) is 5.78 Å². The molecular formula is C14H16N4O. The van der Waals surface area contributed by atoms with Crippen LogP contribution in [-0.2, 0) is 13.0 Å². The third-order valence-corrected chi connectivity index (χ3v) is 3.58. The monoisotopic (exact) mass is 256 g/mol. The van der Waals surface area contributed by atoms with Crippen LogP contribution in [0, 0.1) is 0 Å². The van der Waals surface area contributed by atoms with Crippen LogP contribution in [0.5, 0.6) is 0 Å². The van der Waals surface area contributed by atoms with Crippen molar-refractivity contribution in [2.45, 2.75) is 25.3 Å². The molecule has 3 rings (SSSR count). The van der Waals surface area contributed by atoms with E-state index in [1.165, 1.54) is 11.1 Å². The van der Waals surface area contributed by atoms with Crippen molar-refractivity contribution >= 4 is 5.78 Å². The van der Waals surface area contributed by atoms with Gasteiger partial charge in [-0.1, -0.05) is 29.5 Å². The lowest BCUT2D eigenvalue weighted by atomic mass is 9.75. The van der Waals surface area contributed by atoms with Crippen molar-refractivity contribution in [2.75, 3.05) is 6.54 Å². The minimum Gasteiger partial charge on any atom is -0.329 e. The fourth-order valence-corrected chi connectivity index (χ4v) is 2.54. The third kappa shape index (κ3) is 2.29. The number of nitrogens with two attached hydrogens (primary N) is 1. The number of fused-ring (bicyclic) bond motifs is 1. The van der Waals surface area contributed by atoms with Crippen molar-refractivity contribution in [1.29, 1.82) is 0 Å². The molecule has 19 heavy (non-hydrogen) atoms. The van der Waals surface area contributed by atoms with Gasteiger partial charge in [-0.2, -0.15) is 0 Å². The van der Waals surface area contributed by atoms with Crippen molar-refractivity contribution in [3.63, 3.8) is 0 Å². The molecule has 1 aromatic heterocycles. The number of rotatable bonds is 5. The minimum atomic E-state index is 0.0581. The van der Waals surface area contributed by atoms with Crippen molar-refractivity contribution < 1.29 is 4.79 Å². The Kier molecular flexibility index (Phi) is 3.13. The first-order valence-electron chi connectivity index (χ1n) is 6.49. The molecule has 1 heterocycles. The van der Waals surface area contributed by atoms with Crippen molar-refractivity contribution in [3.05, 3.63) is 47.3 Å². The van der Waals surface area contributed by atoms with Gasteiger partial charge in [0.2, 0.25) is 0 Å². The van der Waals surface area contributed by atoms with Gasteiger partial charge in [-0.15, -0.1) is 5.10 Å². The van der Waals surface area contributed by atoms with Crippen LogP contribution in [0.1, 0.15) is 34.0 Å². The number of Topliss-reactive ketones (excluding diaryl/α,β-unsaturated/α-hetero) is 1. The number of carbonyl (C=O) groups excluding carboxylic acids is 1. The van der Waals surface area contributed by atoms with Gasteiger partial charge in [-0.05, 0) is 23.5 Å². The molecule has 98 valence electrons. The Balaban J connectivity index is 1.66. The Morgan fingerprint density at radius 2 is 2.26 bits per heavy atom. The molecule has 1 aliphatic carbocycles. The molecule has 2 aromatic rings. The second-order valence-electron chi connectivity index (χ2n) is 4.88. The summed E-state index contributed by atoms with van der Waals surface area (Å²) in [5, 5.41) is 7.80. The molecule has 0 saturated heterocycles. The van der Waals surface area contributed by atoms with E-state index >= 15 is 0 Å². The lowest BCUT2D eigenvalue weighted by Gasteiger charge is -2.29. The molecule has 0 aliphatic heterocycles. The second kappa shape index (κ2) is 4.93. The highest BCUT2D eigenvalue weighted by atomic mass is 16.1. The zero-order chi connectivity index (χ0) is 13.2. The standard InChI is InChI=1S/C14H16N4O/c15-5-6-18-9-13(16-17-18)14(19)8-11-7-10-3-1-2-4-12(10)11/h1-4,9,11H,5-8,15H2. The SMILES string of the molecule is NCCn1cc(C(=O)CC2Cc3ccccc32)nn1. The Morgan fingerprint density at radius 3 is 3.05 bits per heavy atom. The van der Waals surface area contributed by atoms with E-state index in [2.05, 4.69) is 22.4 Å². The number of hydrogen-bond donors (Lipinski definition) is 1. The molecule has 2 N–H and O–H groups in total. The number of ketones is 1. The number of benzene rings is 1. The van der Waals surface area contributed by atoms with E-state index in [0.717, 1.165) is 6.42 Å². The highest BCUT2D eigenvalue weighted by molar-refractivity contribution is 5.94. The molecule has 1 aromatic carbocycles. The molecule has 0 saturated carbocycles. The largest absolute Gasteiger partial charge is 0.329 e. The van der Waals surface area contributed by atoms with Crippen LogP contribution in [0.2, 0.25) is 0 Å². The highest BCUT2D eigenvalue weighted by Crippen LogP contribution is 2.37. The number of nitrogens with zero attached hydrogens (tertiary/aromatic N) is 3. The fourth-order valence-electron chi connectivity index (χ4n) is 2.54. The van der Waals surface area contributed by atoms with Gasteiger partial charge in [0.25, 0.3) is 0 Å². The van der Waals surface area contributed by atoms with E-state index in [4.69, 9.17) is 5.73 Å². The first kappa shape index (κ1) is 12.0. The molecule has 0 bridgehead atoms.